The third-order valence-corrected chi connectivity index (χ3v) is 2.52. The normalized spacial score (nSPS) is 10.2. The summed E-state index contributed by atoms with van der Waals surface area (Å²) >= 11 is 0. The van der Waals surface area contributed by atoms with Crippen LogP contribution in [0.4, 0.5) is 5.69 Å². The average molecular weight is 231 g/mol. The Morgan fingerprint density at radius 2 is 2.24 bits per heavy atom. The van der Waals surface area contributed by atoms with Crippen LogP contribution in [0.5, 0.6) is 0 Å². The van der Waals surface area contributed by atoms with Crippen molar-refractivity contribution in [2.45, 2.75) is 6.54 Å². The maximum Gasteiger partial charge on any atom is 0.337 e. The lowest BCUT2D eigenvalue weighted by molar-refractivity contribution is 0.0698. The lowest BCUT2D eigenvalue weighted by atomic mass is 10.2. The van der Waals surface area contributed by atoms with Gasteiger partial charge in [0.1, 0.15) is 5.82 Å². The van der Waals surface area contributed by atoms with E-state index in [1.54, 1.807) is 30.5 Å². The summed E-state index contributed by atoms with van der Waals surface area (Å²) in [4.78, 5) is 15.1. The van der Waals surface area contributed by atoms with Crippen molar-refractivity contribution in [1.29, 1.82) is 0 Å². The fourth-order valence-corrected chi connectivity index (χ4v) is 1.56. The molecule has 1 aromatic heterocycles. The summed E-state index contributed by atoms with van der Waals surface area (Å²) < 4.78 is 1.89. The number of anilines is 1. The zero-order valence-electron chi connectivity index (χ0n) is 9.42. The number of benzene rings is 1. The van der Waals surface area contributed by atoms with Crippen LogP contribution >= 0.6 is 0 Å². The third-order valence-electron chi connectivity index (χ3n) is 2.52. The van der Waals surface area contributed by atoms with Gasteiger partial charge in [0, 0.05) is 25.1 Å². The van der Waals surface area contributed by atoms with Crippen molar-refractivity contribution in [3.8, 4) is 0 Å². The van der Waals surface area contributed by atoms with E-state index >= 15 is 0 Å². The first kappa shape index (κ1) is 11.2. The van der Waals surface area contributed by atoms with E-state index < -0.39 is 5.97 Å². The molecular weight excluding hydrogens is 218 g/mol. The maximum atomic E-state index is 11.0. The van der Waals surface area contributed by atoms with Crippen molar-refractivity contribution < 1.29 is 9.90 Å². The van der Waals surface area contributed by atoms with E-state index in [1.165, 1.54) is 0 Å². The molecule has 2 rings (SSSR count). The number of hydrogen-bond acceptors (Lipinski definition) is 3. The van der Waals surface area contributed by atoms with Gasteiger partial charge in [-0.1, -0.05) is 12.1 Å². The number of aryl methyl sites for hydroxylation is 1. The highest BCUT2D eigenvalue weighted by Crippen LogP contribution is 2.15. The van der Waals surface area contributed by atoms with E-state index in [0.29, 0.717) is 12.2 Å². The van der Waals surface area contributed by atoms with Crippen LogP contribution in [-0.2, 0) is 13.6 Å². The number of para-hydroxylation sites is 1. The van der Waals surface area contributed by atoms with Crippen LogP contribution in [0.2, 0.25) is 0 Å². The molecule has 0 aliphatic carbocycles. The zero-order chi connectivity index (χ0) is 12.3. The number of nitrogens with zero attached hydrogens (tertiary/aromatic N) is 2. The second-order valence-electron chi connectivity index (χ2n) is 3.66. The molecule has 5 heteroatoms. The van der Waals surface area contributed by atoms with Gasteiger partial charge >= 0.3 is 5.97 Å². The molecule has 88 valence electrons. The van der Waals surface area contributed by atoms with Gasteiger partial charge in [0.05, 0.1) is 12.1 Å². The van der Waals surface area contributed by atoms with Gasteiger partial charge in [0.25, 0.3) is 0 Å². The summed E-state index contributed by atoms with van der Waals surface area (Å²) in [5.41, 5.74) is 0.865. The first-order valence-corrected chi connectivity index (χ1v) is 5.21. The van der Waals surface area contributed by atoms with Crippen LogP contribution in [0.1, 0.15) is 16.2 Å². The number of carboxylic acid groups (broad SMARTS) is 1. The number of hydrogen-bond donors (Lipinski definition) is 2. The number of carbonyl (C=O) groups is 1. The number of rotatable bonds is 4. The summed E-state index contributed by atoms with van der Waals surface area (Å²) in [6.07, 6.45) is 3.56. The van der Waals surface area contributed by atoms with Crippen molar-refractivity contribution >= 4 is 11.7 Å². The largest absolute Gasteiger partial charge is 0.478 e. The number of aromatic nitrogens is 2. The predicted octanol–water partition coefficient (Wildman–Crippen LogP) is 1.73. The highest BCUT2D eigenvalue weighted by molar-refractivity contribution is 5.94. The van der Waals surface area contributed by atoms with Gasteiger partial charge in [-0.25, -0.2) is 9.78 Å². The molecule has 0 radical (unpaired) electrons. The Morgan fingerprint density at radius 3 is 2.88 bits per heavy atom. The molecule has 2 aromatic rings. The number of carboxylic acids is 1. The molecule has 1 aromatic carbocycles. The molecule has 5 nitrogen and oxygen atoms in total. The van der Waals surface area contributed by atoms with Gasteiger partial charge in [0.15, 0.2) is 0 Å². The fraction of sp³-hybridized carbons (Fsp3) is 0.167. The number of nitrogens with one attached hydrogen (secondary N) is 1. The van der Waals surface area contributed by atoms with Gasteiger partial charge in [-0.05, 0) is 12.1 Å². The first-order chi connectivity index (χ1) is 8.18. The topological polar surface area (TPSA) is 67.2 Å². The second-order valence-corrected chi connectivity index (χ2v) is 3.66. The van der Waals surface area contributed by atoms with Gasteiger partial charge in [-0.2, -0.15) is 0 Å². The molecule has 0 bridgehead atoms. The monoisotopic (exact) mass is 231 g/mol. The summed E-state index contributed by atoms with van der Waals surface area (Å²) in [5.74, 6) is -0.0851. The van der Waals surface area contributed by atoms with E-state index in [4.69, 9.17) is 5.11 Å². The summed E-state index contributed by atoms with van der Waals surface area (Å²) in [7, 11) is 1.90. The van der Waals surface area contributed by atoms with Crippen LogP contribution in [0.3, 0.4) is 0 Å². The zero-order valence-corrected chi connectivity index (χ0v) is 9.42. The summed E-state index contributed by atoms with van der Waals surface area (Å²) in [5, 5.41) is 12.1. The summed E-state index contributed by atoms with van der Waals surface area (Å²) in [6, 6.07) is 6.82. The molecule has 0 saturated carbocycles. The molecule has 0 spiro atoms. The van der Waals surface area contributed by atoms with Crippen molar-refractivity contribution in [2.24, 2.45) is 7.05 Å². The van der Waals surface area contributed by atoms with Crippen molar-refractivity contribution in [3.05, 3.63) is 48.0 Å². The van der Waals surface area contributed by atoms with Gasteiger partial charge in [0.2, 0.25) is 0 Å². The lowest BCUT2D eigenvalue weighted by Crippen LogP contribution is -2.09. The Kier molecular flexibility index (Phi) is 3.09. The highest BCUT2D eigenvalue weighted by atomic mass is 16.4. The molecule has 0 aliphatic rings. The van der Waals surface area contributed by atoms with Gasteiger partial charge in [-0.15, -0.1) is 0 Å². The molecule has 17 heavy (non-hydrogen) atoms. The Hall–Kier alpha value is -2.30. The van der Waals surface area contributed by atoms with Crippen LogP contribution in [0.15, 0.2) is 36.7 Å². The van der Waals surface area contributed by atoms with Crippen LogP contribution in [0, 0.1) is 0 Å². The van der Waals surface area contributed by atoms with Gasteiger partial charge in [-0.3, -0.25) is 0 Å². The Morgan fingerprint density at radius 1 is 1.47 bits per heavy atom. The molecule has 0 fully saturated rings. The second kappa shape index (κ2) is 4.69. The van der Waals surface area contributed by atoms with Gasteiger partial charge < -0.3 is 15.0 Å². The third kappa shape index (κ3) is 2.44. The minimum Gasteiger partial charge on any atom is -0.478 e. The van der Waals surface area contributed by atoms with E-state index in [2.05, 4.69) is 10.3 Å². The van der Waals surface area contributed by atoms with E-state index in [1.807, 2.05) is 17.8 Å². The Labute approximate surface area is 98.7 Å². The molecule has 1 heterocycles. The number of imidazole rings is 1. The first-order valence-electron chi connectivity index (χ1n) is 5.21. The van der Waals surface area contributed by atoms with Crippen LogP contribution in [0.25, 0.3) is 0 Å². The molecule has 0 unspecified atom stereocenters. The number of aromatic carboxylic acids is 1. The van der Waals surface area contributed by atoms with Crippen molar-refractivity contribution in [1.82, 2.24) is 9.55 Å². The Balaban J connectivity index is 2.14. The highest BCUT2D eigenvalue weighted by Gasteiger charge is 2.08. The molecule has 2 N–H and O–H groups in total. The molecule has 0 amide bonds. The minimum absolute atomic E-state index is 0.265. The SMILES string of the molecule is Cn1ccnc1CNc1ccccc1C(=O)O. The predicted molar refractivity (Wildman–Crippen MR) is 63.9 cm³/mol. The molecule has 0 atom stereocenters. The van der Waals surface area contributed by atoms with Crippen LogP contribution < -0.4 is 5.32 Å². The van der Waals surface area contributed by atoms with E-state index in [0.717, 1.165) is 5.82 Å². The Bertz CT molecular complexity index is 534. The van der Waals surface area contributed by atoms with Crippen LogP contribution in [-0.4, -0.2) is 20.6 Å². The lowest BCUT2D eigenvalue weighted by Gasteiger charge is -2.09. The summed E-state index contributed by atoms with van der Waals surface area (Å²) in [6.45, 7) is 0.494. The minimum atomic E-state index is -0.937. The average Bonchev–Trinajstić information content (AvgIpc) is 2.72. The molecule has 0 aliphatic heterocycles. The van der Waals surface area contributed by atoms with Crippen molar-refractivity contribution in [2.75, 3.05) is 5.32 Å². The standard InChI is InChI=1S/C12H13N3O2/c1-15-7-6-13-11(15)8-14-10-5-3-2-4-9(10)12(16)17/h2-7,14H,8H2,1H3,(H,16,17). The fourth-order valence-electron chi connectivity index (χ4n) is 1.56. The maximum absolute atomic E-state index is 11.0. The smallest absolute Gasteiger partial charge is 0.337 e. The quantitative estimate of drug-likeness (QED) is 0.841. The van der Waals surface area contributed by atoms with Crippen molar-refractivity contribution in [3.63, 3.8) is 0 Å². The van der Waals surface area contributed by atoms with E-state index in [-0.39, 0.29) is 5.56 Å². The molecular formula is C12H13N3O2. The van der Waals surface area contributed by atoms with E-state index in [9.17, 15) is 4.79 Å². The molecule has 0 saturated heterocycles.